The van der Waals surface area contributed by atoms with Crippen molar-refractivity contribution in [2.24, 2.45) is 0 Å². The average molecular weight is 700 g/mol. The maximum atomic E-state index is 10.3. The van der Waals surface area contributed by atoms with Crippen molar-refractivity contribution in [1.82, 2.24) is 13.7 Å². The molecule has 55 heavy (non-hydrogen) atoms. The van der Waals surface area contributed by atoms with Crippen molar-refractivity contribution >= 4 is 65.4 Å². The molecule has 0 saturated heterocycles. The van der Waals surface area contributed by atoms with E-state index < -0.39 is 0 Å². The Hall–Kier alpha value is -7.86. The molecule has 0 N–H and O–H groups in total. The molecular weight excluding hydrogens is 671 g/mol. The third kappa shape index (κ3) is 4.51. The SMILES string of the molecule is N#Cc1cc(-c2cccc(-n3c4ccccc4c4cccc(-n5c6ccccc6c6cc(C#N)ccc65)c43)c2)cc(-n2c3ccccc3c3ccccc32)c1. The number of para-hydroxylation sites is 5. The predicted octanol–water partition coefficient (Wildman–Crippen LogP) is 12.4. The van der Waals surface area contributed by atoms with Crippen LogP contribution in [0.4, 0.5) is 0 Å². The summed E-state index contributed by atoms with van der Waals surface area (Å²) in [5.41, 5.74) is 12.8. The minimum atomic E-state index is 0.602. The monoisotopic (exact) mass is 699 g/mol. The summed E-state index contributed by atoms with van der Waals surface area (Å²) in [6, 6.07) is 66.0. The van der Waals surface area contributed by atoms with Gasteiger partial charge < -0.3 is 13.7 Å². The van der Waals surface area contributed by atoms with E-state index >= 15 is 0 Å². The van der Waals surface area contributed by atoms with Crippen LogP contribution in [0.15, 0.2) is 176 Å². The van der Waals surface area contributed by atoms with E-state index in [1.54, 1.807) is 0 Å². The van der Waals surface area contributed by atoms with E-state index in [0.29, 0.717) is 11.1 Å². The molecule has 0 atom stereocenters. The van der Waals surface area contributed by atoms with Crippen LogP contribution in [-0.2, 0) is 0 Å². The molecule has 0 saturated carbocycles. The first-order valence-corrected chi connectivity index (χ1v) is 18.3. The van der Waals surface area contributed by atoms with Crippen LogP contribution in [0.2, 0.25) is 0 Å². The summed E-state index contributed by atoms with van der Waals surface area (Å²) in [4.78, 5) is 0. The Kier molecular flexibility index (Phi) is 6.61. The molecule has 0 fully saturated rings. The van der Waals surface area contributed by atoms with Gasteiger partial charge in [0.2, 0.25) is 0 Å². The maximum absolute atomic E-state index is 10.3. The molecule has 0 amide bonds. The second-order valence-corrected chi connectivity index (χ2v) is 14.0. The van der Waals surface area contributed by atoms with E-state index in [-0.39, 0.29) is 0 Å². The maximum Gasteiger partial charge on any atom is 0.0992 e. The molecule has 5 heteroatoms. The summed E-state index contributed by atoms with van der Waals surface area (Å²) < 4.78 is 6.97. The van der Waals surface area contributed by atoms with E-state index in [1.165, 1.54) is 10.8 Å². The number of nitriles is 2. The average Bonchev–Trinajstić information content (AvgIpc) is 3.89. The number of fused-ring (bicyclic) bond motifs is 9. The summed E-state index contributed by atoms with van der Waals surface area (Å²) in [7, 11) is 0. The fraction of sp³-hybridized carbons (Fsp3) is 0. The molecule has 0 unspecified atom stereocenters. The van der Waals surface area contributed by atoms with Gasteiger partial charge in [0.05, 0.1) is 62.1 Å². The van der Waals surface area contributed by atoms with Gasteiger partial charge in [0, 0.05) is 43.7 Å². The molecule has 11 aromatic rings. The highest BCUT2D eigenvalue weighted by Crippen LogP contribution is 2.41. The highest BCUT2D eigenvalue weighted by Gasteiger charge is 2.21. The molecule has 11 rings (SSSR count). The molecular formula is C50H29N5. The second kappa shape index (κ2) is 11.8. The minimum Gasteiger partial charge on any atom is -0.309 e. The first-order chi connectivity index (χ1) is 27.2. The van der Waals surface area contributed by atoms with E-state index in [0.717, 1.165) is 82.8 Å². The van der Waals surface area contributed by atoms with Crippen molar-refractivity contribution < 1.29 is 0 Å². The molecule has 0 aliphatic heterocycles. The number of aromatic nitrogens is 3. The summed E-state index contributed by atoms with van der Waals surface area (Å²) in [6.07, 6.45) is 0. The van der Waals surface area contributed by atoms with Gasteiger partial charge in [-0.2, -0.15) is 10.5 Å². The van der Waals surface area contributed by atoms with Crippen LogP contribution >= 0.6 is 0 Å². The normalized spacial score (nSPS) is 11.6. The van der Waals surface area contributed by atoms with E-state index in [1.807, 2.05) is 24.3 Å². The predicted molar refractivity (Wildman–Crippen MR) is 224 cm³/mol. The summed E-state index contributed by atoms with van der Waals surface area (Å²) in [5.74, 6) is 0. The zero-order chi connectivity index (χ0) is 36.6. The number of hydrogen-bond acceptors (Lipinski definition) is 2. The quantitative estimate of drug-likeness (QED) is 0.184. The van der Waals surface area contributed by atoms with Crippen molar-refractivity contribution in [3.8, 4) is 40.3 Å². The van der Waals surface area contributed by atoms with E-state index in [9.17, 15) is 10.5 Å². The smallest absolute Gasteiger partial charge is 0.0992 e. The summed E-state index contributed by atoms with van der Waals surface area (Å²) in [6.45, 7) is 0. The summed E-state index contributed by atoms with van der Waals surface area (Å²) >= 11 is 0. The third-order valence-electron chi connectivity index (χ3n) is 11.0. The first kappa shape index (κ1) is 30.7. The Labute approximate surface area is 316 Å². The van der Waals surface area contributed by atoms with Crippen molar-refractivity contribution in [2.45, 2.75) is 0 Å². The zero-order valence-electron chi connectivity index (χ0n) is 29.5. The van der Waals surface area contributed by atoms with E-state index in [4.69, 9.17) is 0 Å². The Morgan fingerprint density at radius 2 is 0.855 bits per heavy atom. The van der Waals surface area contributed by atoms with Crippen LogP contribution in [0, 0.1) is 22.7 Å². The lowest BCUT2D eigenvalue weighted by molar-refractivity contribution is 1.13. The molecule has 0 radical (unpaired) electrons. The second-order valence-electron chi connectivity index (χ2n) is 14.0. The highest BCUT2D eigenvalue weighted by molar-refractivity contribution is 6.15. The number of hydrogen-bond donors (Lipinski definition) is 0. The van der Waals surface area contributed by atoms with Crippen molar-refractivity contribution in [3.05, 3.63) is 187 Å². The van der Waals surface area contributed by atoms with E-state index in [2.05, 4.69) is 177 Å². The van der Waals surface area contributed by atoms with Gasteiger partial charge in [0.1, 0.15) is 0 Å². The van der Waals surface area contributed by atoms with Crippen LogP contribution in [0.5, 0.6) is 0 Å². The topological polar surface area (TPSA) is 62.4 Å². The molecule has 8 aromatic carbocycles. The standard InChI is InChI=1S/C50H29N5/c51-30-32-23-24-48-43(27-32)41-16-4-8-21-47(41)55(48)49-22-10-17-42-40-15-3-7-20-46(40)54(50(42)49)36-12-9-11-34(28-36)35-25-33(31-52)26-37(29-35)53-44-18-5-1-13-38(44)39-14-2-6-19-45(39)53/h1-29H. The van der Waals surface area contributed by atoms with Crippen molar-refractivity contribution in [3.63, 3.8) is 0 Å². The van der Waals surface area contributed by atoms with Gasteiger partial charge in [-0.15, -0.1) is 0 Å². The Morgan fingerprint density at radius 3 is 1.53 bits per heavy atom. The first-order valence-electron chi connectivity index (χ1n) is 18.3. The van der Waals surface area contributed by atoms with Gasteiger partial charge >= 0.3 is 0 Å². The molecule has 0 aliphatic rings. The molecule has 0 bridgehead atoms. The van der Waals surface area contributed by atoms with Gasteiger partial charge in [-0.05, 0) is 90.0 Å². The zero-order valence-corrected chi connectivity index (χ0v) is 29.5. The molecule has 3 heterocycles. The Balaban J connectivity index is 1.16. The molecule has 0 aliphatic carbocycles. The number of nitrogens with zero attached hydrogens (tertiary/aromatic N) is 5. The lowest BCUT2D eigenvalue weighted by atomic mass is 10.0. The van der Waals surface area contributed by atoms with Crippen LogP contribution in [0.25, 0.3) is 93.6 Å². The van der Waals surface area contributed by atoms with Gasteiger partial charge in [0.25, 0.3) is 0 Å². The van der Waals surface area contributed by atoms with Crippen LogP contribution in [0.3, 0.4) is 0 Å². The van der Waals surface area contributed by atoms with Crippen molar-refractivity contribution in [1.29, 1.82) is 10.5 Å². The van der Waals surface area contributed by atoms with Gasteiger partial charge in [0.15, 0.2) is 0 Å². The molecule has 254 valence electrons. The van der Waals surface area contributed by atoms with Crippen LogP contribution in [-0.4, -0.2) is 13.7 Å². The minimum absolute atomic E-state index is 0.602. The molecule has 5 nitrogen and oxygen atoms in total. The van der Waals surface area contributed by atoms with Crippen LogP contribution < -0.4 is 0 Å². The van der Waals surface area contributed by atoms with Crippen LogP contribution in [0.1, 0.15) is 11.1 Å². The largest absolute Gasteiger partial charge is 0.309 e. The summed E-state index contributed by atoms with van der Waals surface area (Å²) in [5, 5.41) is 26.9. The number of benzene rings is 8. The van der Waals surface area contributed by atoms with Gasteiger partial charge in [-0.1, -0.05) is 97.1 Å². The Bertz CT molecular complexity index is 3420. The van der Waals surface area contributed by atoms with Gasteiger partial charge in [-0.25, -0.2) is 0 Å². The lowest BCUT2D eigenvalue weighted by Gasteiger charge is -2.16. The molecule has 0 spiro atoms. The van der Waals surface area contributed by atoms with Crippen molar-refractivity contribution in [2.75, 3.05) is 0 Å². The molecule has 3 aromatic heterocycles. The highest BCUT2D eigenvalue weighted by atomic mass is 15.1. The lowest BCUT2D eigenvalue weighted by Crippen LogP contribution is -2.01. The third-order valence-corrected chi connectivity index (χ3v) is 11.0. The van der Waals surface area contributed by atoms with Gasteiger partial charge in [-0.3, -0.25) is 0 Å². The fourth-order valence-electron chi connectivity index (χ4n) is 8.75. The Morgan fingerprint density at radius 1 is 0.327 bits per heavy atom. The number of rotatable bonds is 4. The fourth-order valence-corrected chi connectivity index (χ4v) is 8.75.